The molecular weight excluding hydrogens is 469 g/mol. The first kappa shape index (κ1) is 23.0. The van der Waals surface area contributed by atoms with E-state index >= 15 is 0 Å². The molecule has 2 N–H and O–H groups in total. The van der Waals surface area contributed by atoms with Crippen LogP contribution in [0.25, 0.3) is 0 Å². The normalized spacial score (nSPS) is 20.9. The summed E-state index contributed by atoms with van der Waals surface area (Å²) >= 11 is 0. The van der Waals surface area contributed by atoms with E-state index in [1.807, 2.05) is 25.2 Å². The summed E-state index contributed by atoms with van der Waals surface area (Å²) in [5.41, 5.74) is 0.917. The molecule has 3 rings (SSSR count). The Labute approximate surface area is 185 Å². The molecule has 0 aromatic heterocycles. The minimum Gasteiger partial charge on any atom is -0.506 e. The zero-order chi connectivity index (χ0) is 19.1. The maximum absolute atomic E-state index is 10.1. The van der Waals surface area contributed by atoms with Crippen molar-refractivity contribution in [2.45, 2.75) is 18.9 Å². The molecule has 1 aromatic rings. The Kier molecular flexibility index (Phi) is 9.60. The van der Waals surface area contributed by atoms with Crippen LogP contribution < -0.4 is 10.2 Å². The Hall–Kier alpha value is -1.26. The van der Waals surface area contributed by atoms with Gasteiger partial charge in [-0.3, -0.25) is 9.89 Å². The number of nitrogens with one attached hydrogen (secondary N) is 1. The van der Waals surface area contributed by atoms with Crippen LogP contribution in [0.5, 0.6) is 5.75 Å². The molecule has 2 aliphatic rings. The first-order valence-corrected chi connectivity index (χ1v) is 9.94. The fraction of sp³-hybridized carbons (Fsp3) is 0.650. The smallest absolute Gasteiger partial charge is 0.193 e. The average molecular weight is 503 g/mol. The summed E-state index contributed by atoms with van der Waals surface area (Å²) in [5, 5.41) is 13.7. The van der Waals surface area contributed by atoms with Crippen molar-refractivity contribution in [3.8, 4) is 5.75 Å². The van der Waals surface area contributed by atoms with Crippen LogP contribution in [0, 0.1) is 0 Å². The Bertz CT molecular complexity index is 622. The van der Waals surface area contributed by atoms with Crippen molar-refractivity contribution in [1.29, 1.82) is 0 Å². The van der Waals surface area contributed by atoms with E-state index in [1.54, 1.807) is 13.2 Å². The standard InChI is InChI=1S/C20H33N5O2.HI/c1-21-20(22-16-17-6-5-9-23(17)14-15-27-2)25-12-10-24(11-13-25)18-7-3-4-8-19(18)26;/h3-4,7-8,17,26H,5-6,9-16H2,1-2H3,(H,21,22);1H. The van der Waals surface area contributed by atoms with Gasteiger partial charge in [-0.2, -0.15) is 0 Å². The van der Waals surface area contributed by atoms with Crippen molar-refractivity contribution in [2.75, 3.05) is 71.5 Å². The average Bonchev–Trinajstić information content (AvgIpc) is 3.15. The molecule has 1 atom stereocenters. The third-order valence-electron chi connectivity index (χ3n) is 5.59. The molecule has 8 heteroatoms. The number of hydrogen-bond donors (Lipinski definition) is 2. The summed E-state index contributed by atoms with van der Waals surface area (Å²) in [6.07, 6.45) is 2.49. The lowest BCUT2D eigenvalue weighted by Gasteiger charge is -2.38. The molecule has 1 aromatic carbocycles. The molecule has 1 unspecified atom stereocenters. The number of phenols is 1. The van der Waals surface area contributed by atoms with E-state index in [0.29, 0.717) is 11.8 Å². The van der Waals surface area contributed by atoms with E-state index < -0.39 is 0 Å². The number of phenolic OH excluding ortho intramolecular Hbond substituents is 1. The van der Waals surface area contributed by atoms with Gasteiger partial charge in [-0.1, -0.05) is 12.1 Å². The van der Waals surface area contributed by atoms with Gasteiger partial charge in [0, 0.05) is 59.5 Å². The van der Waals surface area contributed by atoms with Crippen molar-refractivity contribution < 1.29 is 9.84 Å². The highest BCUT2D eigenvalue weighted by molar-refractivity contribution is 14.0. The van der Waals surface area contributed by atoms with Gasteiger partial charge in [0.1, 0.15) is 5.75 Å². The Morgan fingerprint density at radius 3 is 2.64 bits per heavy atom. The maximum atomic E-state index is 10.1. The monoisotopic (exact) mass is 503 g/mol. The van der Waals surface area contributed by atoms with Crippen LogP contribution in [0.4, 0.5) is 5.69 Å². The van der Waals surface area contributed by atoms with Gasteiger partial charge < -0.3 is 25.0 Å². The molecular formula is C20H34IN5O2. The summed E-state index contributed by atoms with van der Waals surface area (Å²) in [5.74, 6) is 1.33. The molecule has 2 fully saturated rings. The van der Waals surface area contributed by atoms with Gasteiger partial charge in [-0.15, -0.1) is 24.0 Å². The van der Waals surface area contributed by atoms with Crippen LogP contribution in [0.15, 0.2) is 29.3 Å². The molecule has 0 spiro atoms. The minimum atomic E-state index is 0. The van der Waals surface area contributed by atoms with Gasteiger partial charge in [0.2, 0.25) is 0 Å². The van der Waals surface area contributed by atoms with Crippen molar-refractivity contribution in [1.82, 2.24) is 15.1 Å². The first-order chi connectivity index (χ1) is 13.2. The Morgan fingerprint density at radius 1 is 1.21 bits per heavy atom. The van der Waals surface area contributed by atoms with Crippen molar-refractivity contribution in [2.24, 2.45) is 4.99 Å². The molecule has 0 radical (unpaired) electrons. The zero-order valence-electron chi connectivity index (χ0n) is 17.0. The molecule has 28 heavy (non-hydrogen) atoms. The van der Waals surface area contributed by atoms with E-state index in [9.17, 15) is 5.11 Å². The number of hydrogen-bond acceptors (Lipinski definition) is 5. The fourth-order valence-corrected chi connectivity index (χ4v) is 4.06. The largest absolute Gasteiger partial charge is 0.506 e. The third kappa shape index (κ3) is 5.87. The van der Waals surface area contributed by atoms with E-state index in [4.69, 9.17) is 4.74 Å². The summed E-state index contributed by atoms with van der Waals surface area (Å²) < 4.78 is 5.23. The van der Waals surface area contributed by atoms with Gasteiger partial charge in [-0.05, 0) is 31.5 Å². The highest BCUT2D eigenvalue weighted by Crippen LogP contribution is 2.27. The highest BCUT2D eigenvalue weighted by atomic mass is 127. The lowest BCUT2D eigenvalue weighted by atomic mass is 10.2. The number of aliphatic imine (C=N–C) groups is 1. The second kappa shape index (κ2) is 11.7. The quantitative estimate of drug-likeness (QED) is 0.351. The van der Waals surface area contributed by atoms with Crippen molar-refractivity contribution >= 4 is 35.6 Å². The second-order valence-corrected chi connectivity index (χ2v) is 7.22. The number of piperazine rings is 1. The van der Waals surface area contributed by atoms with Gasteiger partial charge in [0.05, 0.1) is 12.3 Å². The van der Waals surface area contributed by atoms with Crippen molar-refractivity contribution in [3.05, 3.63) is 24.3 Å². The summed E-state index contributed by atoms with van der Waals surface area (Å²) in [6.45, 7) is 7.42. The number of guanidine groups is 1. The van der Waals surface area contributed by atoms with Crippen LogP contribution in [-0.2, 0) is 4.74 Å². The van der Waals surface area contributed by atoms with Gasteiger partial charge in [0.15, 0.2) is 5.96 Å². The molecule has 0 saturated carbocycles. The number of methoxy groups -OCH3 is 1. The Balaban J connectivity index is 0.00000280. The number of aromatic hydroxyl groups is 1. The zero-order valence-corrected chi connectivity index (χ0v) is 19.3. The number of benzene rings is 1. The number of anilines is 1. The van der Waals surface area contributed by atoms with E-state index in [-0.39, 0.29) is 24.0 Å². The van der Waals surface area contributed by atoms with Gasteiger partial charge >= 0.3 is 0 Å². The first-order valence-electron chi connectivity index (χ1n) is 9.94. The number of halogens is 1. The molecule has 7 nitrogen and oxygen atoms in total. The van der Waals surface area contributed by atoms with Crippen LogP contribution in [0.3, 0.4) is 0 Å². The molecule has 0 aliphatic carbocycles. The summed E-state index contributed by atoms with van der Waals surface area (Å²) in [7, 11) is 3.62. The van der Waals surface area contributed by atoms with Gasteiger partial charge in [0.25, 0.3) is 0 Å². The van der Waals surface area contributed by atoms with Crippen molar-refractivity contribution in [3.63, 3.8) is 0 Å². The number of para-hydroxylation sites is 2. The number of nitrogens with zero attached hydrogens (tertiary/aromatic N) is 4. The van der Waals surface area contributed by atoms with E-state index in [1.165, 1.54) is 12.8 Å². The fourth-order valence-electron chi connectivity index (χ4n) is 4.06. The van der Waals surface area contributed by atoms with Crippen LogP contribution >= 0.6 is 24.0 Å². The van der Waals surface area contributed by atoms with Crippen LogP contribution in [0.2, 0.25) is 0 Å². The van der Waals surface area contributed by atoms with Crippen LogP contribution in [-0.4, -0.2) is 93.5 Å². The minimum absolute atomic E-state index is 0. The molecule has 2 aliphatic heterocycles. The SMILES string of the molecule is CN=C(NCC1CCCN1CCOC)N1CCN(c2ccccc2O)CC1.I. The second-order valence-electron chi connectivity index (χ2n) is 7.22. The van der Waals surface area contributed by atoms with E-state index in [0.717, 1.165) is 64.1 Å². The predicted molar refractivity (Wildman–Crippen MR) is 125 cm³/mol. The molecule has 158 valence electrons. The number of rotatable bonds is 6. The molecule has 0 amide bonds. The lowest BCUT2D eigenvalue weighted by molar-refractivity contribution is 0.141. The summed E-state index contributed by atoms with van der Waals surface area (Å²) in [6, 6.07) is 8.12. The predicted octanol–water partition coefficient (Wildman–Crippen LogP) is 1.82. The highest BCUT2D eigenvalue weighted by Gasteiger charge is 2.26. The van der Waals surface area contributed by atoms with Gasteiger partial charge in [-0.25, -0.2) is 0 Å². The molecule has 0 bridgehead atoms. The summed E-state index contributed by atoms with van der Waals surface area (Å²) in [4.78, 5) is 11.6. The Morgan fingerprint density at radius 2 is 1.96 bits per heavy atom. The topological polar surface area (TPSA) is 63.6 Å². The van der Waals surface area contributed by atoms with E-state index in [2.05, 4.69) is 25.0 Å². The van der Waals surface area contributed by atoms with Crippen LogP contribution in [0.1, 0.15) is 12.8 Å². The lowest BCUT2D eigenvalue weighted by Crippen LogP contribution is -2.54. The maximum Gasteiger partial charge on any atom is 0.193 e. The number of likely N-dealkylation sites (tertiary alicyclic amines) is 1. The molecule has 2 saturated heterocycles. The third-order valence-corrected chi connectivity index (χ3v) is 5.59. The number of ether oxygens (including phenoxy) is 1. The molecule has 2 heterocycles.